The lowest BCUT2D eigenvalue weighted by Gasteiger charge is -2.24. The third-order valence-corrected chi connectivity index (χ3v) is 3.18. The molecule has 0 spiro atoms. The molecule has 5 N–H and O–H groups in total. The van der Waals surface area contributed by atoms with Gasteiger partial charge in [-0.15, -0.1) is 0 Å². The number of nitrogens with zero attached hydrogens (tertiary/aromatic N) is 2. The van der Waals surface area contributed by atoms with Crippen LogP contribution in [0.1, 0.15) is 13.8 Å². The van der Waals surface area contributed by atoms with E-state index in [9.17, 15) is 19.2 Å². The van der Waals surface area contributed by atoms with Gasteiger partial charge in [0.15, 0.2) is 0 Å². The molecule has 26 heavy (non-hydrogen) atoms. The van der Waals surface area contributed by atoms with Gasteiger partial charge in [0.25, 0.3) is 0 Å². The van der Waals surface area contributed by atoms with Crippen molar-refractivity contribution in [3.63, 3.8) is 0 Å². The van der Waals surface area contributed by atoms with E-state index >= 15 is 0 Å². The summed E-state index contributed by atoms with van der Waals surface area (Å²) in [6, 6.07) is 0.282. The molecule has 0 saturated carbocycles. The molecule has 0 rings (SSSR count). The minimum absolute atomic E-state index is 0.00800. The number of nitrogens with one attached hydrogen (secondary N) is 2. The summed E-state index contributed by atoms with van der Waals surface area (Å²) in [7, 11) is 0. The zero-order chi connectivity index (χ0) is 20.1. The second-order valence-corrected chi connectivity index (χ2v) is 6.06. The van der Waals surface area contributed by atoms with Crippen LogP contribution in [0, 0.1) is 0 Å². The molecule has 0 atom stereocenters. The van der Waals surface area contributed by atoms with Crippen molar-refractivity contribution in [3.05, 3.63) is 0 Å². The van der Waals surface area contributed by atoms with E-state index in [0.717, 1.165) is 4.90 Å². The topological polar surface area (TPSA) is 160 Å². The second kappa shape index (κ2) is 13.0. The number of carbonyl (C=O) groups excluding carboxylic acids is 1. The van der Waals surface area contributed by atoms with Crippen molar-refractivity contribution in [2.45, 2.75) is 19.9 Å². The van der Waals surface area contributed by atoms with E-state index in [2.05, 4.69) is 10.6 Å². The molecule has 0 aromatic carbocycles. The van der Waals surface area contributed by atoms with Crippen LogP contribution in [0.15, 0.2) is 0 Å². The maximum atomic E-state index is 11.9. The van der Waals surface area contributed by atoms with Gasteiger partial charge in [-0.1, -0.05) is 13.8 Å². The van der Waals surface area contributed by atoms with Crippen LogP contribution in [0.25, 0.3) is 0 Å². The van der Waals surface area contributed by atoms with Gasteiger partial charge in [-0.2, -0.15) is 0 Å². The van der Waals surface area contributed by atoms with Crippen molar-refractivity contribution in [2.24, 2.45) is 0 Å². The molecule has 0 bridgehead atoms. The molecule has 0 fully saturated rings. The molecule has 0 radical (unpaired) electrons. The summed E-state index contributed by atoms with van der Waals surface area (Å²) in [5, 5.41) is 32.3. The van der Waals surface area contributed by atoms with Gasteiger partial charge < -0.3 is 26.0 Å². The zero-order valence-electron chi connectivity index (χ0n) is 15.1. The third kappa shape index (κ3) is 14.1. The Kier molecular flexibility index (Phi) is 11.9. The standard InChI is InChI=1S/C15H28N4O7/c1-11(2)16-3-4-17-12(20)7-18(8-13(21)22)5-6-19(9-14(23)24)10-15(25)26/h11,16H,3-10H2,1-2H3,(H,17,20)(H,21,22)(H,23,24)(H,25,26). The summed E-state index contributed by atoms with van der Waals surface area (Å²) in [4.78, 5) is 46.9. The number of amides is 1. The summed E-state index contributed by atoms with van der Waals surface area (Å²) in [5.74, 6) is -3.88. The number of carboxylic acids is 3. The van der Waals surface area contributed by atoms with Gasteiger partial charge in [0.1, 0.15) is 0 Å². The van der Waals surface area contributed by atoms with E-state index in [0.29, 0.717) is 13.1 Å². The molecule has 0 saturated heterocycles. The smallest absolute Gasteiger partial charge is 0.317 e. The van der Waals surface area contributed by atoms with E-state index < -0.39 is 37.5 Å². The Balaban J connectivity index is 4.52. The molecule has 0 aromatic heterocycles. The van der Waals surface area contributed by atoms with Gasteiger partial charge in [0.2, 0.25) is 5.91 Å². The summed E-state index contributed by atoms with van der Waals surface area (Å²) >= 11 is 0. The van der Waals surface area contributed by atoms with Crippen LogP contribution in [0.2, 0.25) is 0 Å². The van der Waals surface area contributed by atoms with Crippen LogP contribution in [0.5, 0.6) is 0 Å². The summed E-state index contributed by atoms with van der Waals surface area (Å²) in [5.41, 5.74) is 0. The number of carboxylic acid groups (broad SMARTS) is 3. The van der Waals surface area contributed by atoms with Crippen LogP contribution in [-0.4, -0.2) is 107 Å². The quantitative estimate of drug-likeness (QED) is 0.201. The molecule has 0 aliphatic heterocycles. The molecule has 11 heteroatoms. The van der Waals surface area contributed by atoms with Crippen LogP contribution >= 0.6 is 0 Å². The normalized spacial score (nSPS) is 11.1. The Morgan fingerprint density at radius 2 is 1.19 bits per heavy atom. The molecule has 0 aromatic rings. The summed E-state index contributed by atoms with van der Waals surface area (Å²) < 4.78 is 0. The van der Waals surface area contributed by atoms with Crippen molar-refractivity contribution in [1.29, 1.82) is 0 Å². The fraction of sp³-hybridized carbons (Fsp3) is 0.733. The first-order valence-corrected chi connectivity index (χ1v) is 8.20. The average molecular weight is 376 g/mol. The van der Waals surface area contributed by atoms with Gasteiger partial charge in [-0.25, -0.2) is 0 Å². The lowest BCUT2D eigenvalue weighted by Crippen LogP contribution is -2.46. The second-order valence-electron chi connectivity index (χ2n) is 6.06. The highest BCUT2D eigenvalue weighted by Crippen LogP contribution is 1.94. The minimum Gasteiger partial charge on any atom is -0.480 e. The highest BCUT2D eigenvalue weighted by Gasteiger charge is 2.18. The summed E-state index contributed by atoms with van der Waals surface area (Å²) in [6.45, 7) is 3.40. The van der Waals surface area contributed by atoms with Gasteiger partial charge in [-0.3, -0.25) is 29.0 Å². The third-order valence-electron chi connectivity index (χ3n) is 3.18. The highest BCUT2D eigenvalue weighted by molar-refractivity contribution is 5.79. The van der Waals surface area contributed by atoms with Crippen LogP contribution in [-0.2, 0) is 19.2 Å². The maximum Gasteiger partial charge on any atom is 0.317 e. The van der Waals surface area contributed by atoms with Gasteiger partial charge in [-0.05, 0) is 0 Å². The predicted octanol–water partition coefficient (Wildman–Crippen LogP) is -2.04. The molecule has 11 nitrogen and oxygen atoms in total. The molecular weight excluding hydrogens is 348 g/mol. The lowest BCUT2D eigenvalue weighted by molar-refractivity contribution is -0.143. The van der Waals surface area contributed by atoms with Crippen molar-refractivity contribution in [3.8, 4) is 0 Å². The monoisotopic (exact) mass is 376 g/mol. The number of rotatable bonds is 15. The minimum atomic E-state index is -1.19. The van der Waals surface area contributed by atoms with E-state index in [1.807, 2.05) is 13.8 Å². The van der Waals surface area contributed by atoms with Crippen molar-refractivity contribution >= 4 is 23.8 Å². The van der Waals surface area contributed by atoms with E-state index in [1.165, 1.54) is 4.90 Å². The molecule has 1 amide bonds. The molecule has 150 valence electrons. The molecule has 0 aliphatic rings. The lowest BCUT2D eigenvalue weighted by atomic mass is 10.3. The SMILES string of the molecule is CC(C)NCCNC(=O)CN(CCN(CC(=O)O)CC(=O)O)CC(=O)O. The number of hydrogen-bond acceptors (Lipinski definition) is 7. The number of aliphatic carboxylic acids is 3. The maximum absolute atomic E-state index is 11.9. The van der Waals surface area contributed by atoms with Gasteiger partial charge >= 0.3 is 17.9 Å². The fourth-order valence-corrected chi connectivity index (χ4v) is 2.11. The largest absolute Gasteiger partial charge is 0.480 e. The van der Waals surface area contributed by atoms with Gasteiger partial charge in [0.05, 0.1) is 26.2 Å². The van der Waals surface area contributed by atoms with Crippen molar-refractivity contribution in [2.75, 3.05) is 52.4 Å². The Labute approximate surface area is 151 Å². The van der Waals surface area contributed by atoms with Crippen LogP contribution < -0.4 is 10.6 Å². The fourth-order valence-electron chi connectivity index (χ4n) is 2.11. The van der Waals surface area contributed by atoms with Crippen molar-refractivity contribution in [1.82, 2.24) is 20.4 Å². The van der Waals surface area contributed by atoms with E-state index in [1.54, 1.807) is 0 Å². The molecular formula is C15H28N4O7. The predicted molar refractivity (Wildman–Crippen MR) is 91.9 cm³/mol. The molecule has 0 unspecified atom stereocenters. The zero-order valence-corrected chi connectivity index (χ0v) is 15.1. The van der Waals surface area contributed by atoms with Crippen molar-refractivity contribution < 1.29 is 34.5 Å². The first-order valence-electron chi connectivity index (χ1n) is 8.20. The van der Waals surface area contributed by atoms with Crippen LogP contribution in [0.3, 0.4) is 0 Å². The Hall–Kier alpha value is -2.24. The number of carbonyl (C=O) groups is 4. The first kappa shape index (κ1) is 23.8. The van der Waals surface area contributed by atoms with Gasteiger partial charge in [0, 0.05) is 32.2 Å². The Morgan fingerprint density at radius 3 is 1.58 bits per heavy atom. The van der Waals surface area contributed by atoms with Crippen LogP contribution in [0.4, 0.5) is 0 Å². The van der Waals surface area contributed by atoms with E-state index in [-0.39, 0.29) is 31.6 Å². The molecule has 0 heterocycles. The first-order chi connectivity index (χ1) is 12.1. The summed E-state index contributed by atoms with van der Waals surface area (Å²) in [6.07, 6.45) is 0. The molecule has 0 aliphatic carbocycles. The van der Waals surface area contributed by atoms with E-state index in [4.69, 9.17) is 15.3 Å². The Bertz CT molecular complexity index is 469. The Morgan fingerprint density at radius 1 is 0.769 bits per heavy atom. The highest BCUT2D eigenvalue weighted by atomic mass is 16.4. The average Bonchev–Trinajstić information content (AvgIpc) is 2.47. The number of hydrogen-bond donors (Lipinski definition) is 5.